The number of rotatable bonds is 6. The zero-order chi connectivity index (χ0) is 25.6. The summed E-state index contributed by atoms with van der Waals surface area (Å²) in [5, 5.41) is 8.56. The first-order chi connectivity index (χ1) is 15.5. The molecule has 3 rings (SSSR count). The Morgan fingerprint density at radius 3 is 2.32 bits per heavy atom. The van der Waals surface area contributed by atoms with Gasteiger partial charge in [-0.3, -0.25) is 19.8 Å². The Morgan fingerprint density at radius 1 is 1.15 bits per heavy atom. The number of nitrogens with one attached hydrogen (secondary N) is 5. The fourth-order valence-electron chi connectivity index (χ4n) is 5.30. The molecule has 0 bridgehead atoms. The number of fused-ring (bicyclic) bond motifs is 1. The number of hydrogen-bond acceptors (Lipinski definition) is 5. The van der Waals surface area contributed by atoms with E-state index < -0.39 is 29.1 Å². The second-order valence-electron chi connectivity index (χ2n) is 12.7. The third-order valence-corrected chi connectivity index (χ3v) is 7.28. The molecule has 34 heavy (non-hydrogen) atoms. The van der Waals surface area contributed by atoms with E-state index >= 15 is 0 Å². The van der Waals surface area contributed by atoms with Gasteiger partial charge in [0.2, 0.25) is 11.8 Å². The molecule has 0 aromatic rings. The van der Waals surface area contributed by atoms with Crippen LogP contribution in [0.4, 0.5) is 4.79 Å². The molecule has 5 amide bonds. The van der Waals surface area contributed by atoms with Crippen molar-refractivity contribution in [3.8, 4) is 0 Å². The van der Waals surface area contributed by atoms with Crippen LogP contribution in [0.3, 0.4) is 0 Å². The maximum Gasteiger partial charge on any atom is 0.315 e. The zero-order valence-electron chi connectivity index (χ0n) is 21.8. The van der Waals surface area contributed by atoms with Crippen LogP contribution in [0, 0.1) is 22.7 Å². The molecule has 0 aromatic carbocycles. The van der Waals surface area contributed by atoms with Crippen LogP contribution < -0.4 is 26.8 Å². The molecule has 2 unspecified atom stereocenters. The van der Waals surface area contributed by atoms with Gasteiger partial charge in [0.05, 0.1) is 0 Å². The normalized spacial score (nSPS) is 28.6. The Hall–Kier alpha value is -2.36. The van der Waals surface area contributed by atoms with E-state index in [1.807, 2.05) is 41.5 Å². The average Bonchev–Trinajstić information content (AvgIpc) is 3.06. The maximum atomic E-state index is 13.7. The van der Waals surface area contributed by atoms with Crippen molar-refractivity contribution in [2.75, 3.05) is 13.1 Å². The summed E-state index contributed by atoms with van der Waals surface area (Å²) in [4.78, 5) is 52.6. The van der Waals surface area contributed by atoms with Crippen LogP contribution in [-0.2, 0) is 14.4 Å². The number of hydrogen-bond donors (Lipinski definition) is 5. The van der Waals surface area contributed by atoms with E-state index in [2.05, 4.69) is 40.6 Å². The molecule has 0 spiro atoms. The van der Waals surface area contributed by atoms with Gasteiger partial charge >= 0.3 is 6.03 Å². The topological polar surface area (TPSA) is 132 Å². The van der Waals surface area contributed by atoms with Gasteiger partial charge in [-0.05, 0) is 49.9 Å². The van der Waals surface area contributed by atoms with Crippen molar-refractivity contribution in [2.45, 2.75) is 91.9 Å². The zero-order valence-corrected chi connectivity index (χ0v) is 21.8. The second kappa shape index (κ2) is 9.02. The summed E-state index contributed by atoms with van der Waals surface area (Å²) in [5.74, 6) is -0.186. The molecule has 2 heterocycles. The fraction of sp³-hybridized carbons (Fsp3) is 0.833. The van der Waals surface area contributed by atoms with E-state index in [9.17, 15) is 19.2 Å². The Morgan fingerprint density at radius 2 is 1.79 bits per heavy atom. The first kappa shape index (κ1) is 26.2. The van der Waals surface area contributed by atoms with Gasteiger partial charge in [-0.1, -0.05) is 34.6 Å². The van der Waals surface area contributed by atoms with Crippen LogP contribution in [0.15, 0.2) is 0 Å². The van der Waals surface area contributed by atoms with Crippen molar-refractivity contribution >= 4 is 23.8 Å². The van der Waals surface area contributed by atoms with Crippen LogP contribution in [-0.4, -0.2) is 65.4 Å². The molecular formula is C24H42N6O4. The van der Waals surface area contributed by atoms with E-state index in [-0.39, 0.29) is 41.0 Å². The Kier molecular flexibility index (Phi) is 6.96. The SMILES string of the molecule is CC(C)(C)NC(=O)NC(C(=O)N1C[C@H]2[C@@H]([C@H]1C(=O)NNCC1CCC(=O)N1)C2(C)C)C(C)(C)C. The molecule has 3 fully saturated rings. The number of likely N-dealkylation sites (tertiary alicyclic amines) is 1. The van der Waals surface area contributed by atoms with Gasteiger partial charge in [-0.25, -0.2) is 10.2 Å². The largest absolute Gasteiger partial charge is 0.352 e. The summed E-state index contributed by atoms with van der Waals surface area (Å²) in [6.07, 6.45) is 1.22. The summed E-state index contributed by atoms with van der Waals surface area (Å²) >= 11 is 0. The molecule has 1 aliphatic carbocycles. The Labute approximate surface area is 202 Å². The minimum absolute atomic E-state index is 0.0180. The quantitative estimate of drug-likeness (QED) is 0.362. The molecular weight excluding hydrogens is 436 g/mol. The highest BCUT2D eigenvalue weighted by molar-refractivity contribution is 5.93. The molecule has 192 valence electrons. The third-order valence-electron chi connectivity index (χ3n) is 7.28. The highest BCUT2D eigenvalue weighted by atomic mass is 16.2. The molecule has 10 heteroatoms. The van der Waals surface area contributed by atoms with Crippen LogP contribution >= 0.6 is 0 Å². The predicted octanol–water partition coefficient (Wildman–Crippen LogP) is 0.881. The molecule has 3 aliphatic rings. The highest BCUT2D eigenvalue weighted by Gasteiger charge is 2.69. The molecule has 0 radical (unpaired) electrons. The van der Waals surface area contributed by atoms with Gasteiger partial charge in [-0.15, -0.1) is 0 Å². The van der Waals surface area contributed by atoms with E-state index in [1.165, 1.54) is 0 Å². The lowest BCUT2D eigenvalue weighted by Gasteiger charge is -2.38. The molecule has 2 aliphatic heterocycles. The lowest BCUT2D eigenvalue weighted by atomic mass is 9.85. The number of urea groups is 1. The summed E-state index contributed by atoms with van der Waals surface area (Å²) in [6.45, 7) is 16.5. The number of piperidine rings is 1. The number of nitrogens with zero attached hydrogens (tertiary/aromatic N) is 1. The van der Waals surface area contributed by atoms with E-state index in [1.54, 1.807) is 4.90 Å². The monoisotopic (exact) mass is 478 g/mol. The van der Waals surface area contributed by atoms with Crippen molar-refractivity contribution < 1.29 is 19.2 Å². The first-order valence-corrected chi connectivity index (χ1v) is 12.2. The Balaban J connectivity index is 1.70. The summed E-state index contributed by atoms with van der Waals surface area (Å²) in [5.41, 5.74) is 4.69. The average molecular weight is 479 g/mol. The Bertz CT molecular complexity index is 843. The van der Waals surface area contributed by atoms with Crippen molar-refractivity contribution in [3.05, 3.63) is 0 Å². The molecule has 2 saturated heterocycles. The molecule has 5 N–H and O–H groups in total. The number of carbonyl (C=O) groups is 4. The summed E-state index contributed by atoms with van der Waals surface area (Å²) in [7, 11) is 0. The van der Waals surface area contributed by atoms with E-state index in [4.69, 9.17) is 0 Å². The van der Waals surface area contributed by atoms with Crippen molar-refractivity contribution in [2.24, 2.45) is 22.7 Å². The second-order valence-corrected chi connectivity index (χ2v) is 12.7. The van der Waals surface area contributed by atoms with Crippen LogP contribution in [0.1, 0.15) is 68.2 Å². The number of hydrazine groups is 1. The minimum Gasteiger partial charge on any atom is -0.352 e. The summed E-state index contributed by atoms with van der Waals surface area (Å²) < 4.78 is 0. The van der Waals surface area contributed by atoms with Gasteiger partial charge in [0.25, 0.3) is 5.91 Å². The standard InChI is InChI=1S/C24H42N6O4/c1-22(2,3)18(27-21(34)28-23(4,5)6)20(33)30-12-14-16(24(14,7)8)17(30)19(32)29-25-11-13-9-10-15(31)26-13/h13-14,16-18,25H,9-12H2,1-8H3,(H,26,31)(H,29,32)(H2,27,28,34)/t13?,14-,16-,17-,18?/m0/s1. The fourth-order valence-corrected chi connectivity index (χ4v) is 5.30. The van der Waals surface area contributed by atoms with Gasteiger partial charge in [0.15, 0.2) is 0 Å². The number of carbonyl (C=O) groups excluding carboxylic acids is 4. The van der Waals surface area contributed by atoms with E-state index in [0.29, 0.717) is 19.5 Å². The number of amides is 5. The molecule has 10 nitrogen and oxygen atoms in total. The van der Waals surface area contributed by atoms with Crippen molar-refractivity contribution in [1.29, 1.82) is 0 Å². The smallest absolute Gasteiger partial charge is 0.315 e. The van der Waals surface area contributed by atoms with Gasteiger partial charge < -0.3 is 20.9 Å². The lowest BCUT2D eigenvalue weighted by Crippen LogP contribution is -2.62. The molecule has 1 saturated carbocycles. The first-order valence-electron chi connectivity index (χ1n) is 12.2. The predicted molar refractivity (Wildman–Crippen MR) is 128 cm³/mol. The molecule has 0 aromatic heterocycles. The third kappa shape index (κ3) is 5.64. The highest BCUT2D eigenvalue weighted by Crippen LogP contribution is 2.65. The molecule has 5 atom stereocenters. The van der Waals surface area contributed by atoms with Crippen LogP contribution in [0.5, 0.6) is 0 Å². The van der Waals surface area contributed by atoms with Gasteiger partial charge in [-0.2, -0.15) is 0 Å². The minimum atomic E-state index is -0.785. The van der Waals surface area contributed by atoms with Crippen molar-refractivity contribution in [1.82, 2.24) is 31.7 Å². The maximum absolute atomic E-state index is 13.7. The van der Waals surface area contributed by atoms with E-state index in [0.717, 1.165) is 6.42 Å². The summed E-state index contributed by atoms with van der Waals surface area (Å²) in [6, 6.07) is -1.83. The van der Waals surface area contributed by atoms with Crippen LogP contribution in [0.2, 0.25) is 0 Å². The van der Waals surface area contributed by atoms with Crippen LogP contribution in [0.25, 0.3) is 0 Å². The van der Waals surface area contributed by atoms with Crippen molar-refractivity contribution in [3.63, 3.8) is 0 Å². The lowest BCUT2D eigenvalue weighted by molar-refractivity contribution is -0.144. The van der Waals surface area contributed by atoms with Gasteiger partial charge in [0, 0.05) is 31.1 Å². The van der Waals surface area contributed by atoms with Gasteiger partial charge in [0.1, 0.15) is 12.1 Å².